The molecule has 0 atom stereocenters. The highest BCUT2D eigenvalue weighted by molar-refractivity contribution is 6.29. The Morgan fingerprint density at radius 3 is 2.57 bits per heavy atom. The zero-order valence-electron chi connectivity index (χ0n) is 12.4. The molecule has 0 aliphatic carbocycles. The molecule has 2 rings (SSSR count). The Hall–Kier alpha value is -2.58. The first-order valence-electron chi connectivity index (χ1n) is 6.78. The standard InChI is InChI=1S/C17H14ClFN2O2/c1-23-15-6-7-16(13(8-15)10-20)21(17(22)9-18)11-12-2-4-14(19)5-3-12/h2-8H,9,11H2,1H3. The fraction of sp³-hybridized carbons (Fsp3) is 0.176. The summed E-state index contributed by atoms with van der Waals surface area (Å²) >= 11 is 5.68. The molecule has 0 fully saturated rings. The van der Waals surface area contributed by atoms with E-state index in [0.29, 0.717) is 17.0 Å². The van der Waals surface area contributed by atoms with E-state index in [1.54, 1.807) is 30.3 Å². The van der Waals surface area contributed by atoms with Gasteiger partial charge in [0.15, 0.2) is 0 Å². The van der Waals surface area contributed by atoms with Crippen LogP contribution in [0.25, 0.3) is 0 Å². The summed E-state index contributed by atoms with van der Waals surface area (Å²) in [6.45, 7) is 0.187. The molecule has 0 saturated carbocycles. The fourth-order valence-corrected chi connectivity index (χ4v) is 2.26. The number of nitriles is 1. The van der Waals surface area contributed by atoms with Crippen LogP contribution in [0.15, 0.2) is 42.5 Å². The van der Waals surface area contributed by atoms with Gasteiger partial charge in [-0.1, -0.05) is 12.1 Å². The van der Waals surface area contributed by atoms with Crippen molar-refractivity contribution in [3.05, 3.63) is 59.4 Å². The van der Waals surface area contributed by atoms with Crippen molar-refractivity contribution in [1.82, 2.24) is 0 Å². The molecule has 0 saturated heterocycles. The van der Waals surface area contributed by atoms with Crippen LogP contribution in [0.3, 0.4) is 0 Å². The van der Waals surface area contributed by atoms with Crippen LogP contribution in [0.1, 0.15) is 11.1 Å². The lowest BCUT2D eigenvalue weighted by Gasteiger charge is -2.23. The third-order valence-electron chi connectivity index (χ3n) is 3.28. The van der Waals surface area contributed by atoms with Gasteiger partial charge in [0, 0.05) is 0 Å². The number of methoxy groups -OCH3 is 1. The molecule has 6 heteroatoms. The van der Waals surface area contributed by atoms with Gasteiger partial charge in [-0.2, -0.15) is 5.26 Å². The van der Waals surface area contributed by atoms with Gasteiger partial charge in [-0.05, 0) is 35.9 Å². The third kappa shape index (κ3) is 3.99. The number of alkyl halides is 1. The second-order valence-corrected chi connectivity index (χ2v) is 5.00. The highest BCUT2D eigenvalue weighted by Gasteiger charge is 2.19. The third-order valence-corrected chi connectivity index (χ3v) is 3.51. The van der Waals surface area contributed by atoms with E-state index in [1.165, 1.54) is 24.1 Å². The van der Waals surface area contributed by atoms with Crippen molar-refractivity contribution in [2.75, 3.05) is 17.9 Å². The van der Waals surface area contributed by atoms with Crippen LogP contribution >= 0.6 is 11.6 Å². The molecule has 0 heterocycles. The number of hydrogen-bond acceptors (Lipinski definition) is 3. The van der Waals surface area contributed by atoms with Crippen LogP contribution in [0, 0.1) is 17.1 Å². The summed E-state index contributed by atoms with van der Waals surface area (Å²) in [4.78, 5) is 13.6. The zero-order valence-corrected chi connectivity index (χ0v) is 13.2. The molecule has 0 bridgehead atoms. The Kier molecular flexibility index (Phi) is 5.56. The number of hydrogen-bond donors (Lipinski definition) is 0. The Bertz CT molecular complexity index is 741. The number of benzene rings is 2. The lowest BCUT2D eigenvalue weighted by atomic mass is 10.1. The minimum Gasteiger partial charge on any atom is -0.497 e. The van der Waals surface area contributed by atoms with Gasteiger partial charge in [0.1, 0.15) is 23.5 Å². The summed E-state index contributed by atoms with van der Waals surface area (Å²) in [5.41, 5.74) is 1.46. The first-order valence-corrected chi connectivity index (χ1v) is 7.31. The maximum absolute atomic E-state index is 13.0. The summed E-state index contributed by atoms with van der Waals surface area (Å²) in [5, 5.41) is 9.32. The zero-order chi connectivity index (χ0) is 16.8. The van der Waals surface area contributed by atoms with Crippen LogP contribution in [0.2, 0.25) is 0 Å². The van der Waals surface area contributed by atoms with Crippen molar-refractivity contribution in [3.63, 3.8) is 0 Å². The number of nitrogens with zero attached hydrogens (tertiary/aromatic N) is 2. The number of halogens is 2. The normalized spacial score (nSPS) is 10.0. The van der Waals surface area contributed by atoms with Crippen LogP contribution in [-0.2, 0) is 11.3 Å². The maximum atomic E-state index is 13.0. The summed E-state index contributed by atoms with van der Waals surface area (Å²) in [6.07, 6.45) is 0. The number of carbonyl (C=O) groups excluding carboxylic acids is 1. The molecule has 4 nitrogen and oxygen atoms in total. The second-order valence-electron chi connectivity index (χ2n) is 4.73. The molecule has 0 radical (unpaired) electrons. The van der Waals surface area contributed by atoms with Crippen molar-refractivity contribution in [2.24, 2.45) is 0 Å². The van der Waals surface area contributed by atoms with Gasteiger partial charge in [0.2, 0.25) is 5.91 Å². The van der Waals surface area contributed by atoms with Crippen molar-refractivity contribution < 1.29 is 13.9 Å². The molecule has 1 amide bonds. The van der Waals surface area contributed by atoms with E-state index in [4.69, 9.17) is 16.3 Å². The molecule has 118 valence electrons. The van der Waals surface area contributed by atoms with Gasteiger partial charge in [-0.3, -0.25) is 4.79 Å². The van der Waals surface area contributed by atoms with Gasteiger partial charge < -0.3 is 9.64 Å². The lowest BCUT2D eigenvalue weighted by molar-refractivity contribution is -0.116. The van der Waals surface area contributed by atoms with Crippen molar-refractivity contribution in [1.29, 1.82) is 5.26 Å². The molecule has 2 aromatic carbocycles. The minimum absolute atomic E-state index is 0.187. The summed E-state index contributed by atoms with van der Waals surface area (Å²) in [5.74, 6) is -0.410. The van der Waals surface area contributed by atoms with Gasteiger partial charge in [-0.25, -0.2) is 4.39 Å². The summed E-state index contributed by atoms with van der Waals surface area (Å²) < 4.78 is 18.1. The van der Waals surface area contributed by atoms with E-state index in [0.717, 1.165) is 5.56 Å². The molecule has 0 aliphatic heterocycles. The van der Waals surface area contributed by atoms with Crippen molar-refractivity contribution >= 4 is 23.2 Å². The van der Waals surface area contributed by atoms with Crippen LogP contribution in [0.5, 0.6) is 5.75 Å². The van der Waals surface area contributed by atoms with Gasteiger partial charge in [0.25, 0.3) is 0 Å². The Labute approximate surface area is 138 Å². The van der Waals surface area contributed by atoms with Gasteiger partial charge >= 0.3 is 0 Å². The Balaban J connectivity index is 2.41. The summed E-state index contributed by atoms with van der Waals surface area (Å²) in [6, 6.07) is 12.7. The van der Waals surface area contributed by atoms with Crippen LogP contribution < -0.4 is 9.64 Å². The maximum Gasteiger partial charge on any atom is 0.242 e. The van der Waals surface area contributed by atoms with Crippen LogP contribution in [-0.4, -0.2) is 18.9 Å². The number of ether oxygens (including phenoxy) is 1. The molecule has 0 unspecified atom stereocenters. The predicted molar refractivity (Wildman–Crippen MR) is 86.0 cm³/mol. The molecule has 23 heavy (non-hydrogen) atoms. The number of anilines is 1. The quantitative estimate of drug-likeness (QED) is 0.788. The van der Waals surface area contributed by atoms with Crippen molar-refractivity contribution in [2.45, 2.75) is 6.54 Å². The monoisotopic (exact) mass is 332 g/mol. The topological polar surface area (TPSA) is 53.3 Å². The molecule has 0 aliphatic rings. The first kappa shape index (κ1) is 16.8. The largest absolute Gasteiger partial charge is 0.497 e. The average Bonchev–Trinajstić information content (AvgIpc) is 2.60. The fourth-order valence-electron chi connectivity index (χ4n) is 2.12. The molecule has 0 aromatic heterocycles. The van der Waals surface area contributed by atoms with E-state index in [-0.39, 0.29) is 24.1 Å². The van der Waals surface area contributed by atoms with Crippen molar-refractivity contribution in [3.8, 4) is 11.8 Å². The van der Waals surface area contributed by atoms with E-state index < -0.39 is 0 Å². The number of carbonyl (C=O) groups is 1. The SMILES string of the molecule is COc1ccc(N(Cc2ccc(F)cc2)C(=O)CCl)c(C#N)c1. The van der Waals surface area contributed by atoms with E-state index in [2.05, 4.69) is 0 Å². The van der Waals surface area contributed by atoms with Gasteiger partial charge in [0.05, 0.1) is 24.9 Å². The first-order chi connectivity index (χ1) is 11.1. The number of rotatable bonds is 5. The highest BCUT2D eigenvalue weighted by Crippen LogP contribution is 2.26. The highest BCUT2D eigenvalue weighted by atomic mass is 35.5. The Morgan fingerprint density at radius 2 is 2.00 bits per heavy atom. The predicted octanol–water partition coefficient (Wildman–Crippen LogP) is 3.48. The van der Waals surface area contributed by atoms with Crippen LogP contribution in [0.4, 0.5) is 10.1 Å². The molecular formula is C17H14ClFN2O2. The number of amides is 1. The lowest BCUT2D eigenvalue weighted by Crippen LogP contribution is -2.32. The smallest absolute Gasteiger partial charge is 0.242 e. The molecule has 0 N–H and O–H groups in total. The average molecular weight is 333 g/mol. The minimum atomic E-state index is -0.355. The van der Waals surface area contributed by atoms with E-state index >= 15 is 0 Å². The molecule has 2 aromatic rings. The molecular weight excluding hydrogens is 319 g/mol. The van der Waals surface area contributed by atoms with E-state index in [1.807, 2.05) is 6.07 Å². The second kappa shape index (κ2) is 7.61. The van der Waals surface area contributed by atoms with E-state index in [9.17, 15) is 14.4 Å². The summed E-state index contributed by atoms with van der Waals surface area (Å²) in [7, 11) is 1.50. The Morgan fingerprint density at radius 1 is 1.30 bits per heavy atom. The molecule has 0 spiro atoms. The van der Waals surface area contributed by atoms with Gasteiger partial charge in [-0.15, -0.1) is 11.6 Å².